The standard InChI is InChI=1S/C8H17N/c1-5-8(3)7-9(4)6-2/h5H,6-7H2,1-4H3. The van der Waals surface area contributed by atoms with Gasteiger partial charge >= 0.3 is 0 Å². The van der Waals surface area contributed by atoms with Crippen molar-refractivity contribution in [3.05, 3.63) is 11.6 Å². The lowest BCUT2D eigenvalue weighted by molar-refractivity contribution is 0.383. The predicted molar refractivity (Wildman–Crippen MR) is 42.6 cm³/mol. The van der Waals surface area contributed by atoms with E-state index in [-0.39, 0.29) is 0 Å². The Labute approximate surface area is 58.4 Å². The summed E-state index contributed by atoms with van der Waals surface area (Å²) < 4.78 is 0. The topological polar surface area (TPSA) is 3.24 Å². The van der Waals surface area contributed by atoms with Crippen molar-refractivity contribution in [1.82, 2.24) is 4.90 Å². The molecule has 54 valence electrons. The maximum atomic E-state index is 2.29. The van der Waals surface area contributed by atoms with E-state index in [4.69, 9.17) is 0 Å². The quantitative estimate of drug-likeness (QED) is 0.523. The van der Waals surface area contributed by atoms with Gasteiger partial charge in [-0.2, -0.15) is 0 Å². The molecule has 0 aromatic rings. The fourth-order valence-corrected chi connectivity index (χ4v) is 0.629. The van der Waals surface area contributed by atoms with Crippen molar-refractivity contribution in [3.63, 3.8) is 0 Å². The van der Waals surface area contributed by atoms with Crippen LogP contribution in [0.2, 0.25) is 0 Å². The molecule has 0 saturated carbocycles. The largest absolute Gasteiger partial charge is 0.303 e. The Kier molecular flexibility index (Phi) is 4.41. The van der Waals surface area contributed by atoms with Crippen LogP contribution in [-0.2, 0) is 0 Å². The fraction of sp³-hybridized carbons (Fsp3) is 0.750. The Bertz CT molecular complexity index is 94.7. The monoisotopic (exact) mass is 127 g/mol. The Morgan fingerprint density at radius 1 is 1.56 bits per heavy atom. The molecule has 0 amide bonds. The second-order valence-electron chi connectivity index (χ2n) is 2.47. The van der Waals surface area contributed by atoms with Gasteiger partial charge in [-0.1, -0.05) is 18.6 Å². The lowest BCUT2D eigenvalue weighted by atomic mass is 10.3. The van der Waals surface area contributed by atoms with Crippen molar-refractivity contribution in [2.45, 2.75) is 20.8 Å². The summed E-state index contributed by atoms with van der Waals surface area (Å²) in [6, 6.07) is 0. The van der Waals surface area contributed by atoms with E-state index in [2.05, 4.69) is 38.8 Å². The van der Waals surface area contributed by atoms with Gasteiger partial charge < -0.3 is 4.90 Å². The third-order valence-electron chi connectivity index (χ3n) is 1.55. The second kappa shape index (κ2) is 4.57. The van der Waals surface area contributed by atoms with E-state index in [1.165, 1.54) is 5.57 Å². The molecule has 0 bridgehead atoms. The lowest BCUT2D eigenvalue weighted by Gasteiger charge is -2.12. The van der Waals surface area contributed by atoms with Gasteiger partial charge in [-0.3, -0.25) is 0 Å². The van der Waals surface area contributed by atoms with E-state index in [9.17, 15) is 0 Å². The molecule has 1 nitrogen and oxygen atoms in total. The number of likely N-dealkylation sites (N-methyl/N-ethyl adjacent to an activating group) is 1. The van der Waals surface area contributed by atoms with Gasteiger partial charge in [-0.15, -0.1) is 0 Å². The minimum atomic E-state index is 1.10. The normalized spacial score (nSPS) is 12.8. The van der Waals surface area contributed by atoms with Gasteiger partial charge in [0, 0.05) is 6.54 Å². The van der Waals surface area contributed by atoms with E-state index >= 15 is 0 Å². The number of nitrogens with zero attached hydrogens (tertiary/aromatic N) is 1. The summed E-state index contributed by atoms with van der Waals surface area (Å²) in [6.45, 7) is 8.64. The van der Waals surface area contributed by atoms with Crippen molar-refractivity contribution in [3.8, 4) is 0 Å². The van der Waals surface area contributed by atoms with Crippen LogP contribution in [0.3, 0.4) is 0 Å². The minimum absolute atomic E-state index is 1.10. The highest BCUT2D eigenvalue weighted by atomic mass is 15.1. The SMILES string of the molecule is CC=C(C)CN(C)CC. The minimum Gasteiger partial charge on any atom is -0.303 e. The first kappa shape index (κ1) is 8.70. The van der Waals surface area contributed by atoms with Gasteiger partial charge in [0.1, 0.15) is 0 Å². The van der Waals surface area contributed by atoms with Crippen molar-refractivity contribution >= 4 is 0 Å². The summed E-state index contributed by atoms with van der Waals surface area (Å²) in [6.07, 6.45) is 2.16. The number of allylic oxidation sites excluding steroid dienone is 1. The first-order valence-corrected chi connectivity index (χ1v) is 3.51. The molecule has 0 aliphatic heterocycles. The number of hydrogen-bond donors (Lipinski definition) is 0. The zero-order chi connectivity index (χ0) is 7.28. The Hall–Kier alpha value is -0.300. The van der Waals surface area contributed by atoms with E-state index in [1.54, 1.807) is 0 Å². The van der Waals surface area contributed by atoms with Crippen LogP contribution in [0, 0.1) is 0 Å². The van der Waals surface area contributed by atoms with Crippen LogP contribution in [0.15, 0.2) is 11.6 Å². The van der Waals surface area contributed by atoms with Gasteiger partial charge in [0.2, 0.25) is 0 Å². The average molecular weight is 127 g/mol. The smallest absolute Gasteiger partial charge is 0.0186 e. The molecule has 9 heavy (non-hydrogen) atoms. The zero-order valence-corrected chi connectivity index (χ0v) is 6.94. The van der Waals surface area contributed by atoms with E-state index < -0.39 is 0 Å². The maximum absolute atomic E-state index is 2.29. The van der Waals surface area contributed by atoms with Crippen LogP contribution < -0.4 is 0 Å². The van der Waals surface area contributed by atoms with E-state index in [0.29, 0.717) is 0 Å². The van der Waals surface area contributed by atoms with Crippen molar-refractivity contribution < 1.29 is 0 Å². The summed E-state index contributed by atoms with van der Waals surface area (Å²) in [5, 5.41) is 0. The predicted octanol–water partition coefficient (Wildman–Crippen LogP) is 1.90. The van der Waals surface area contributed by atoms with Gasteiger partial charge in [-0.05, 0) is 27.4 Å². The molecule has 1 heteroatoms. The van der Waals surface area contributed by atoms with Gasteiger partial charge in [-0.25, -0.2) is 0 Å². The highest BCUT2D eigenvalue weighted by molar-refractivity contribution is 4.97. The molecule has 0 unspecified atom stereocenters. The summed E-state index contributed by atoms with van der Waals surface area (Å²) in [5.74, 6) is 0. The Morgan fingerprint density at radius 2 is 2.11 bits per heavy atom. The molecule has 0 fully saturated rings. The zero-order valence-electron chi connectivity index (χ0n) is 6.94. The highest BCUT2D eigenvalue weighted by Gasteiger charge is 1.92. The van der Waals surface area contributed by atoms with Gasteiger partial charge in [0.05, 0.1) is 0 Å². The van der Waals surface area contributed by atoms with Crippen LogP contribution >= 0.6 is 0 Å². The molecule has 0 aliphatic rings. The van der Waals surface area contributed by atoms with Crippen LogP contribution in [0.1, 0.15) is 20.8 Å². The van der Waals surface area contributed by atoms with Crippen LogP contribution in [0.25, 0.3) is 0 Å². The molecule has 0 saturated heterocycles. The first-order valence-electron chi connectivity index (χ1n) is 3.51. The Balaban J connectivity index is 3.47. The molecular weight excluding hydrogens is 110 g/mol. The van der Waals surface area contributed by atoms with Gasteiger partial charge in [0.25, 0.3) is 0 Å². The molecule has 0 atom stereocenters. The second-order valence-corrected chi connectivity index (χ2v) is 2.47. The molecular formula is C8H17N. The first-order chi connectivity index (χ1) is 4.20. The van der Waals surface area contributed by atoms with E-state index in [1.807, 2.05) is 0 Å². The van der Waals surface area contributed by atoms with Crippen molar-refractivity contribution in [1.29, 1.82) is 0 Å². The van der Waals surface area contributed by atoms with Crippen LogP contribution in [0.4, 0.5) is 0 Å². The van der Waals surface area contributed by atoms with Crippen molar-refractivity contribution in [2.24, 2.45) is 0 Å². The summed E-state index contributed by atoms with van der Waals surface area (Å²) in [7, 11) is 2.13. The number of hydrogen-bond acceptors (Lipinski definition) is 1. The molecule has 0 radical (unpaired) electrons. The summed E-state index contributed by atoms with van der Waals surface area (Å²) >= 11 is 0. The van der Waals surface area contributed by atoms with E-state index in [0.717, 1.165) is 13.1 Å². The fourth-order valence-electron chi connectivity index (χ4n) is 0.629. The third kappa shape index (κ3) is 4.22. The lowest BCUT2D eigenvalue weighted by Crippen LogP contribution is -2.19. The molecule has 0 spiro atoms. The molecule has 0 N–H and O–H groups in total. The summed E-state index contributed by atoms with van der Waals surface area (Å²) in [5.41, 5.74) is 1.44. The molecule has 0 aromatic heterocycles. The molecule has 0 aliphatic carbocycles. The Morgan fingerprint density at radius 3 is 2.44 bits per heavy atom. The van der Waals surface area contributed by atoms with Crippen LogP contribution in [0.5, 0.6) is 0 Å². The van der Waals surface area contributed by atoms with Crippen molar-refractivity contribution in [2.75, 3.05) is 20.1 Å². The van der Waals surface area contributed by atoms with Crippen LogP contribution in [-0.4, -0.2) is 25.0 Å². The average Bonchev–Trinajstić information content (AvgIpc) is 1.87. The molecule has 0 rings (SSSR count). The number of rotatable bonds is 3. The highest BCUT2D eigenvalue weighted by Crippen LogP contribution is 1.93. The molecule has 0 heterocycles. The maximum Gasteiger partial charge on any atom is 0.0186 e. The van der Waals surface area contributed by atoms with Gasteiger partial charge in [0.15, 0.2) is 0 Å². The molecule has 0 aromatic carbocycles. The third-order valence-corrected chi connectivity index (χ3v) is 1.55. The summed E-state index contributed by atoms with van der Waals surface area (Å²) in [4.78, 5) is 2.29.